The van der Waals surface area contributed by atoms with Crippen LogP contribution in [0.25, 0.3) is 0 Å². The monoisotopic (exact) mass is 588 g/mol. The molecule has 1 heterocycles. The van der Waals surface area contributed by atoms with Gasteiger partial charge in [-0.2, -0.15) is 26.3 Å². The largest absolute Gasteiger partial charge is 0.465 e. The van der Waals surface area contributed by atoms with Crippen molar-refractivity contribution in [3.05, 3.63) is 70.5 Å². The van der Waals surface area contributed by atoms with Crippen LogP contribution >= 0.6 is 0 Å². The van der Waals surface area contributed by atoms with Crippen LogP contribution in [0.2, 0.25) is 0 Å². The van der Waals surface area contributed by atoms with Crippen molar-refractivity contribution in [3.8, 4) is 0 Å². The number of nitrogens with zero attached hydrogens (tertiary/aromatic N) is 1. The van der Waals surface area contributed by atoms with Gasteiger partial charge in [-0.25, -0.2) is 4.39 Å². The molecule has 1 aliphatic carbocycles. The van der Waals surface area contributed by atoms with Gasteiger partial charge in [0.1, 0.15) is 12.4 Å². The normalized spacial score (nSPS) is 22.5. The molecule has 1 N–H and O–H groups in total. The Morgan fingerprint density at radius 1 is 0.951 bits per heavy atom. The van der Waals surface area contributed by atoms with Crippen LogP contribution in [0.3, 0.4) is 0 Å². The summed E-state index contributed by atoms with van der Waals surface area (Å²) in [7, 11) is 0. The van der Waals surface area contributed by atoms with Crippen LogP contribution in [0, 0.1) is 11.2 Å². The molecule has 2 atom stereocenters. The van der Waals surface area contributed by atoms with Crippen molar-refractivity contribution in [2.24, 2.45) is 5.41 Å². The molecule has 0 spiro atoms. The Hall–Kier alpha value is -3.15. The smallest absolute Gasteiger partial charge is 0.416 e. The predicted octanol–water partition coefficient (Wildman–Crippen LogP) is 6.46. The van der Waals surface area contributed by atoms with E-state index in [1.165, 1.54) is 19.1 Å². The van der Waals surface area contributed by atoms with E-state index in [1.807, 2.05) is 0 Å². The summed E-state index contributed by atoms with van der Waals surface area (Å²) >= 11 is 0. The van der Waals surface area contributed by atoms with E-state index >= 15 is 0 Å². The summed E-state index contributed by atoms with van der Waals surface area (Å²) in [6.07, 6.45) is -7.06. The molecule has 1 saturated heterocycles. The van der Waals surface area contributed by atoms with Gasteiger partial charge in [-0.1, -0.05) is 12.1 Å². The summed E-state index contributed by atoms with van der Waals surface area (Å²) in [5, 5.41) is 2.51. The Morgan fingerprint density at radius 2 is 1.54 bits per heavy atom. The second-order valence-corrected chi connectivity index (χ2v) is 10.9. The highest BCUT2D eigenvalue weighted by Crippen LogP contribution is 2.43. The first-order chi connectivity index (χ1) is 19.2. The summed E-state index contributed by atoms with van der Waals surface area (Å²) in [5.74, 6) is -1.22. The third-order valence-corrected chi connectivity index (χ3v) is 8.10. The van der Waals surface area contributed by atoms with Crippen molar-refractivity contribution in [1.29, 1.82) is 0 Å². The average Bonchev–Trinajstić information content (AvgIpc) is 3.36. The summed E-state index contributed by atoms with van der Waals surface area (Å²) in [5.41, 5.74) is -3.38. The van der Waals surface area contributed by atoms with Crippen LogP contribution in [0.5, 0.6) is 0 Å². The van der Waals surface area contributed by atoms with Crippen LogP contribution in [0.4, 0.5) is 30.7 Å². The molecule has 224 valence electrons. The van der Waals surface area contributed by atoms with E-state index in [9.17, 15) is 40.3 Å². The minimum absolute atomic E-state index is 0.0177. The third kappa shape index (κ3) is 7.58. The molecule has 2 aromatic carbocycles. The van der Waals surface area contributed by atoms with Gasteiger partial charge in [0.15, 0.2) is 0 Å². The zero-order valence-electron chi connectivity index (χ0n) is 22.4. The lowest BCUT2D eigenvalue weighted by atomic mass is 9.84. The predicted molar refractivity (Wildman–Crippen MR) is 135 cm³/mol. The van der Waals surface area contributed by atoms with E-state index in [1.54, 1.807) is 12.1 Å². The second-order valence-electron chi connectivity index (χ2n) is 10.9. The fourth-order valence-electron chi connectivity index (χ4n) is 5.88. The number of halogens is 7. The number of piperidine rings is 1. The first-order valence-electron chi connectivity index (χ1n) is 13.4. The lowest BCUT2D eigenvalue weighted by molar-refractivity contribution is -0.149. The number of amides is 1. The third-order valence-electron chi connectivity index (χ3n) is 8.10. The van der Waals surface area contributed by atoms with Gasteiger partial charge in [0.05, 0.1) is 16.5 Å². The number of rotatable bonds is 7. The SMILES string of the molecule is CC(=O)OCC1(C(=O)NCc2cc(C(F)(F)F)cc(C(F)(F)F)c2)CCC(N2CCC(c3ccc(F)cc3)CC2)C1. The van der Waals surface area contributed by atoms with Crippen molar-refractivity contribution in [3.63, 3.8) is 0 Å². The molecule has 1 aliphatic heterocycles. The molecular weight excluding hydrogens is 557 g/mol. The molecule has 4 rings (SSSR count). The molecule has 0 aromatic heterocycles. The Balaban J connectivity index is 1.44. The van der Waals surface area contributed by atoms with Gasteiger partial charge >= 0.3 is 18.3 Å². The number of hydrogen-bond donors (Lipinski definition) is 1. The van der Waals surface area contributed by atoms with E-state index in [0.717, 1.165) is 31.5 Å². The standard InChI is InChI=1S/C29H31F7N2O3/c1-18(39)41-17-27(26(40)37-16-19-12-22(28(31,32)33)14-23(13-19)29(34,35)36)9-6-25(15-27)38-10-7-21(8-11-38)20-2-4-24(30)5-3-20/h2-5,12-14,21,25H,6-11,15-17H2,1H3,(H,37,40). The number of ether oxygens (including phenoxy) is 1. The molecule has 2 aliphatic rings. The summed E-state index contributed by atoms with van der Waals surface area (Å²) in [6.45, 7) is 1.87. The highest BCUT2D eigenvalue weighted by Gasteiger charge is 2.48. The van der Waals surface area contributed by atoms with E-state index in [-0.39, 0.29) is 36.0 Å². The molecule has 2 fully saturated rings. The lowest BCUT2D eigenvalue weighted by Gasteiger charge is -2.37. The van der Waals surface area contributed by atoms with Crippen molar-refractivity contribution in [2.75, 3.05) is 19.7 Å². The molecular formula is C29H31F7N2O3. The number of carbonyl (C=O) groups is 2. The maximum absolute atomic E-state index is 13.4. The average molecular weight is 589 g/mol. The molecule has 1 saturated carbocycles. The number of carbonyl (C=O) groups excluding carboxylic acids is 2. The molecule has 0 radical (unpaired) electrons. The van der Waals surface area contributed by atoms with Gasteiger partial charge in [-0.05, 0) is 92.6 Å². The van der Waals surface area contributed by atoms with E-state index in [0.29, 0.717) is 31.4 Å². The van der Waals surface area contributed by atoms with Gasteiger partial charge < -0.3 is 15.0 Å². The molecule has 1 amide bonds. The maximum Gasteiger partial charge on any atom is 0.416 e. The summed E-state index contributed by atoms with van der Waals surface area (Å²) in [6, 6.07) is 7.61. The highest BCUT2D eigenvalue weighted by molar-refractivity contribution is 5.83. The first kappa shape index (κ1) is 30.8. The topological polar surface area (TPSA) is 58.6 Å². The highest BCUT2D eigenvalue weighted by atomic mass is 19.4. The first-order valence-corrected chi connectivity index (χ1v) is 13.4. The Labute approximate surface area is 233 Å². The fourth-order valence-corrected chi connectivity index (χ4v) is 5.88. The minimum Gasteiger partial charge on any atom is -0.465 e. The van der Waals surface area contributed by atoms with Gasteiger partial charge in [0.2, 0.25) is 5.91 Å². The minimum atomic E-state index is -5.00. The number of alkyl halides is 6. The van der Waals surface area contributed by atoms with Crippen molar-refractivity contribution in [1.82, 2.24) is 10.2 Å². The zero-order chi connectivity index (χ0) is 30.0. The lowest BCUT2D eigenvalue weighted by Crippen LogP contribution is -2.45. The molecule has 41 heavy (non-hydrogen) atoms. The molecule has 2 unspecified atom stereocenters. The Kier molecular flexibility index (Phi) is 9.01. The summed E-state index contributed by atoms with van der Waals surface area (Å²) in [4.78, 5) is 27.3. The van der Waals surface area contributed by atoms with Crippen molar-refractivity contribution >= 4 is 11.9 Å². The quantitative estimate of drug-likeness (QED) is 0.298. The van der Waals surface area contributed by atoms with E-state index in [4.69, 9.17) is 4.74 Å². The van der Waals surface area contributed by atoms with E-state index in [2.05, 4.69) is 10.2 Å². The van der Waals surface area contributed by atoms with Crippen molar-refractivity contribution < 1.29 is 45.1 Å². The van der Waals surface area contributed by atoms with Gasteiger partial charge in [-0.3, -0.25) is 9.59 Å². The van der Waals surface area contributed by atoms with Crippen LogP contribution in [-0.4, -0.2) is 42.5 Å². The van der Waals surface area contributed by atoms with Crippen LogP contribution in [0.15, 0.2) is 42.5 Å². The Morgan fingerprint density at radius 3 is 2.07 bits per heavy atom. The fraction of sp³-hybridized carbons (Fsp3) is 0.517. The second kappa shape index (κ2) is 12.0. The summed E-state index contributed by atoms with van der Waals surface area (Å²) < 4.78 is 98.0. The maximum atomic E-state index is 13.4. The van der Waals surface area contributed by atoms with Crippen LogP contribution in [-0.2, 0) is 33.2 Å². The molecule has 2 aromatic rings. The number of esters is 1. The van der Waals surface area contributed by atoms with Crippen molar-refractivity contribution in [2.45, 2.75) is 69.9 Å². The van der Waals surface area contributed by atoms with Crippen LogP contribution in [0.1, 0.15) is 67.2 Å². The van der Waals surface area contributed by atoms with Gasteiger partial charge in [0, 0.05) is 19.5 Å². The number of likely N-dealkylation sites (tertiary alicyclic amines) is 1. The van der Waals surface area contributed by atoms with Gasteiger partial charge in [0.25, 0.3) is 0 Å². The molecule has 0 bridgehead atoms. The van der Waals surface area contributed by atoms with Gasteiger partial charge in [-0.15, -0.1) is 0 Å². The zero-order valence-corrected chi connectivity index (χ0v) is 22.4. The number of hydrogen-bond acceptors (Lipinski definition) is 4. The van der Waals surface area contributed by atoms with E-state index < -0.39 is 47.3 Å². The number of nitrogens with one attached hydrogen (secondary N) is 1. The Bertz CT molecular complexity index is 1210. The van der Waals surface area contributed by atoms with Crippen LogP contribution < -0.4 is 5.32 Å². The molecule has 5 nitrogen and oxygen atoms in total. The number of benzene rings is 2. The molecule has 12 heteroatoms.